The molecule has 4 rings (SSSR count). The molecule has 0 unspecified atom stereocenters. The van der Waals surface area contributed by atoms with Crippen molar-refractivity contribution in [2.75, 3.05) is 20.1 Å². The van der Waals surface area contributed by atoms with E-state index in [-0.39, 0.29) is 5.91 Å². The number of carbonyl (C=O) groups is 1. The van der Waals surface area contributed by atoms with Crippen molar-refractivity contribution in [1.82, 2.24) is 19.8 Å². The van der Waals surface area contributed by atoms with Crippen LogP contribution in [0, 0.1) is 0 Å². The van der Waals surface area contributed by atoms with Crippen LogP contribution in [0.5, 0.6) is 0 Å². The topological polar surface area (TPSA) is 52.2 Å². The number of carbonyl (C=O) groups excluding carboxylic acids is 1. The van der Waals surface area contributed by atoms with Gasteiger partial charge in [0, 0.05) is 43.1 Å². The van der Waals surface area contributed by atoms with Gasteiger partial charge in [0.15, 0.2) is 0 Å². The molecule has 0 aliphatic carbocycles. The lowest BCUT2D eigenvalue weighted by Crippen LogP contribution is -2.39. The predicted octanol–water partition coefficient (Wildman–Crippen LogP) is 2.39. The van der Waals surface area contributed by atoms with Crippen LogP contribution in [0.15, 0.2) is 36.7 Å². The Kier molecular flexibility index (Phi) is 3.65. The second kappa shape index (κ2) is 5.81. The Morgan fingerprint density at radius 3 is 2.87 bits per heavy atom. The van der Waals surface area contributed by atoms with Gasteiger partial charge in [-0.15, -0.1) is 0 Å². The van der Waals surface area contributed by atoms with E-state index < -0.39 is 0 Å². The first-order valence-electron chi connectivity index (χ1n) is 8.34. The van der Waals surface area contributed by atoms with Crippen molar-refractivity contribution in [3.05, 3.63) is 42.2 Å². The monoisotopic (exact) mass is 310 g/mol. The van der Waals surface area contributed by atoms with E-state index in [1.165, 1.54) is 12.8 Å². The minimum atomic E-state index is 0.123. The van der Waals surface area contributed by atoms with Crippen molar-refractivity contribution < 1.29 is 4.79 Å². The third-order valence-corrected chi connectivity index (χ3v) is 5.35. The fraction of sp³-hybridized carbons (Fsp3) is 0.444. The summed E-state index contributed by atoms with van der Waals surface area (Å²) in [6.45, 7) is 1.68. The molecule has 2 atom stereocenters. The molecule has 2 aliphatic rings. The number of aromatic amines is 1. The number of likely N-dealkylation sites (N-methyl/N-ethyl adjacent to an activating group) is 1. The number of amides is 1. The molecule has 1 aromatic carbocycles. The normalized spacial score (nSPS) is 24.7. The zero-order chi connectivity index (χ0) is 15.8. The summed E-state index contributed by atoms with van der Waals surface area (Å²) in [6, 6.07) is 8.89. The molecule has 23 heavy (non-hydrogen) atoms. The average molecular weight is 310 g/mol. The van der Waals surface area contributed by atoms with Gasteiger partial charge in [-0.25, -0.2) is 4.98 Å². The van der Waals surface area contributed by atoms with E-state index in [2.05, 4.69) is 21.9 Å². The van der Waals surface area contributed by atoms with Gasteiger partial charge in [0.1, 0.15) is 5.82 Å². The number of rotatable bonds is 2. The first-order valence-corrected chi connectivity index (χ1v) is 8.34. The molecule has 0 spiro atoms. The fourth-order valence-electron chi connectivity index (χ4n) is 3.95. The molecule has 2 fully saturated rings. The van der Waals surface area contributed by atoms with Crippen LogP contribution < -0.4 is 0 Å². The Labute approximate surface area is 136 Å². The number of aromatic nitrogens is 2. The fourth-order valence-corrected chi connectivity index (χ4v) is 3.95. The van der Waals surface area contributed by atoms with Crippen LogP contribution in [-0.2, 0) is 0 Å². The molecule has 5 heteroatoms. The highest BCUT2D eigenvalue weighted by atomic mass is 16.2. The number of hydrogen-bond acceptors (Lipinski definition) is 3. The highest BCUT2D eigenvalue weighted by Gasteiger charge is 2.36. The quantitative estimate of drug-likeness (QED) is 0.926. The summed E-state index contributed by atoms with van der Waals surface area (Å²) in [5.41, 5.74) is 1.62. The van der Waals surface area contributed by atoms with Gasteiger partial charge in [0.05, 0.1) is 5.56 Å². The van der Waals surface area contributed by atoms with Crippen LogP contribution in [0.25, 0.3) is 11.4 Å². The van der Waals surface area contributed by atoms with E-state index in [1.54, 1.807) is 12.4 Å². The number of benzene rings is 1. The molecular weight excluding hydrogens is 288 g/mol. The Morgan fingerprint density at radius 2 is 2.04 bits per heavy atom. The summed E-state index contributed by atoms with van der Waals surface area (Å²) in [5.74, 6) is 0.875. The highest BCUT2D eigenvalue weighted by molar-refractivity contribution is 6.00. The van der Waals surface area contributed by atoms with Crippen LogP contribution in [0.4, 0.5) is 0 Å². The van der Waals surface area contributed by atoms with Gasteiger partial charge in [-0.2, -0.15) is 0 Å². The first-order chi connectivity index (χ1) is 11.2. The van der Waals surface area contributed by atoms with Crippen LogP contribution in [0.2, 0.25) is 0 Å². The Hall–Kier alpha value is -2.14. The van der Waals surface area contributed by atoms with Crippen molar-refractivity contribution in [3.63, 3.8) is 0 Å². The van der Waals surface area contributed by atoms with Gasteiger partial charge < -0.3 is 9.88 Å². The standard InChI is InChI=1S/C18H22N4O/c1-21-13-6-7-14(21)12-22(11-8-13)18(23)16-5-3-2-4-15(16)17-19-9-10-20-17/h2-5,9-10,13-14H,6-8,11-12H2,1H3,(H,19,20)/t13-,14+/m1/s1. The second-order valence-electron chi connectivity index (χ2n) is 6.57. The summed E-state index contributed by atoms with van der Waals surface area (Å²) in [4.78, 5) is 25.0. The molecule has 1 aromatic heterocycles. The molecule has 2 bridgehead atoms. The molecule has 5 nitrogen and oxygen atoms in total. The second-order valence-corrected chi connectivity index (χ2v) is 6.57. The summed E-state index contributed by atoms with van der Waals surface area (Å²) >= 11 is 0. The highest BCUT2D eigenvalue weighted by Crippen LogP contribution is 2.30. The molecule has 2 aromatic rings. The smallest absolute Gasteiger partial charge is 0.254 e. The van der Waals surface area contributed by atoms with E-state index in [4.69, 9.17) is 0 Å². The van der Waals surface area contributed by atoms with E-state index in [0.29, 0.717) is 12.1 Å². The first kappa shape index (κ1) is 14.5. The van der Waals surface area contributed by atoms with Gasteiger partial charge in [0.25, 0.3) is 5.91 Å². The van der Waals surface area contributed by atoms with Crippen LogP contribution in [-0.4, -0.2) is 57.9 Å². The Morgan fingerprint density at radius 1 is 1.22 bits per heavy atom. The van der Waals surface area contributed by atoms with Crippen molar-refractivity contribution >= 4 is 5.91 Å². The summed E-state index contributed by atoms with van der Waals surface area (Å²) in [5, 5.41) is 0. The van der Waals surface area contributed by atoms with E-state index >= 15 is 0 Å². The lowest BCUT2D eigenvalue weighted by Gasteiger charge is -2.26. The minimum absolute atomic E-state index is 0.123. The molecule has 0 radical (unpaired) electrons. The Balaban J connectivity index is 1.63. The molecule has 0 saturated carbocycles. The van der Waals surface area contributed by atoms with Gasteiger partial charge in [-0.05, 0) is 32.4 Å². The third kappa shape index (κ3) is 2.55. The Bertz CT molecular complexity index is 697. The van der Waals surface area contributed by atoms with Gasteiger partial charge in [-0.3, -0.25) is 9.69 Å². The van der Waals surface area contributed by atoms with E-state index in [0.717, 1.165) is 36.5 Å². The number of fused-ring (bicyclic) bond motifs is 2. The van der Waals surface area contributed by atoms with Gasteiger partial charge in [0.2, 0.25) is 0 Å². The summed E-state index contributed by atoms with van der Waals surface area (Å²) in [7, 11) is 2.20. The maximum Gasteiger partial charge on any atom is 0.254 e. The maximum absolute atomic E-state index is 13.1. The number of imidazole rings is 1. The van der Waals surface area contributed by atoms with E-state index in [1.807, 2.05) is 29.2 Å². The maximum atomic E-state index is 13.1. The number of nitrogens with zero attached hydrogens (tertiary/aromatic N) is 3. The van der Waals surface area contributed by atoms with Crippen LogP contribution >= 0.6 is 0 Å². The molecule has 3 heterocycles. The van der Waals surface area contributed by atoms with E-state index in [9.17, 15) is 4.79 Å². The average Bonchev–Trinajstić information content (AvgIpc) is 3.16. The van der Waals surface area contributed by atoms with Crippen molar-refractivity contribution in [2.24, 2.45) is 0 Å². The molecule has 2 aliphatic heterocycles. The number of nitrogens with one attached hydrogen (secondary N) is 1. The number of hydrogen-bond donors (Lipinski definition) is 1. The lowest BCUT2D eigenvalue weighted by atomic mass is 10.0. The predicted molar refractivity (Wildman–Crippen MR) is 89.1 cm³/mol. The minimum Gasteiger partial charge on any atom is -0.345 e. The summed E-state index contributed by atoms with van der Waals surface area (Å²) in [6.07, 6.45) is 7.05. The zero-order valence-corrected chi connectivity index (χ0v) is 13.4. The molecule has 1 amide bonds. The zero-order valence-electron chi connectivity index (χ0n) is 13.4. The lowest BCUT2D eigenvalue weighted by molar-refractivity contribution is 0.0741. The third-order valence-electron chi connectivity index (χ3n) is 5.35. The molecular formula is C18H22N4O. The van der Waals surface area contributed by atoms with Gasteiger partial charge in [-0.1, -0.05) is 18.2 Å². The number of H-pyrrole nitrogens is 1. The van der Waals surface area contributed by atoms with Crippen molar-refractivity contribution in [1.29, 1.82) is 0 Å². The molecule has 2 saturated heterocycles. The van der Waals surface area contributed by atoms with Crippen LogP contribution in [0.1, 0.15) is 29.6 Å². The van der Waals surface area contributed by atoms with Gasteiger partial charge >= 0.3 is 0 Å². The van der Waals surface area contributed by atoms with Crippen LogP contribution in [0.3, 0.4) is 0 Å². The molecule has 120 valence electrons. The molecule has 1 N–H and O–H groups in total. The van der Waals surface area contributed by atoms with Crippen molar-refractivity contribution in [2.45, 2.75) is 31.3 Å². The SMILES string of the molecule is CN1[C@@H]2CC[C@H]1CN(C(=O)c1ccccc1-c1ncc[nH]1)CC2. The number of likely N-dealkylation sites (tertiary alicyclic amines) is 1. The largest absolute Gasteiger partial charge is 0.345 e. The summed E-state index contributed by atoms with van der Waals surface area (Å²) < 4.78 is 0. The van der Waals surface area contributed by atoms with Crippen molar-refractivity contribution in [3.8, 4) is 11.4 Å².